The van der Waals surface area contributed by atoms with Crippen LogP contribution in [0.4, 0.5) is 0 Å². The fourth-order valence-electron chi connectivity index (χ4n) is 3.56. The van der Waals surface area contributed by atoms with Crippen LogP contribution < -0.4 is 4.74 Å². The number of aromatic nitrogens is 2. The molecular weight excluding hydrogens is 346 g/mol. The van der Waals surface area contributed by atoms with Crippen LogP contribution in [0.1, 0.15) is 43.2 Å². The number of thiophene rings is 1. The van der Waals surface area contributed by atoms with Crippen molar-refractivity contribution in [3.63, 3.8) is 0 Å². The van der Waals surface area contributed by atoms with E-state index in [9.17, 15) is 0 Å². The molecule has 0 aliphatic carbocycles. The molecule has 6 heteroatoms. The highest BCUT2D eigenvalue weighted by molar-refractivity contribution is 7.13. The van der Waals surface area contributed by atoms with Crippen LogP contribution in [-0.4, -0.2) is 28.7 Å². The lowest BCUT2D eigenvalue weighted by molar-refractivity contribution is 0.168. The van der Waals surface area contributed by atoms with Crippen molar-refractivity contribution in [1.82, 2.24) is 15.0 Å². The highest BCUT2D eigenvalue weighted by Gasteiger charge is 2.25. The Bertz CT molecular complexity index is 814. The summed E-state index contributed by atoms with van der Waals surface area (Å²) in [5, 5.41) is 6.18. The van der Waals surface area contributed by atoms with Crippen molar-refractivity contribution in [2.75, 3.05) is 13.7 Å². The Kier molecular flexibility index (Phi) is 5.32. The number of nitrogens with zero attached hydrogens (tertiary/aromatic N) is 3. The zero-order valence-electron chi connectivity index (χ0n) is 14.9. The second kappa shape index (κ2) is 8.01. The van der Waals surface area contributed by atoms with E-state index >= 15 is 0 Å². The number of hydrogen-bond acceptors (Lipinski definition) is 6. The predicted molar refractivity (Wildman–Crippen MR) is 102 cm³/mol. The molecule has 0 radical (unpaired) electrons. The third-order valence-corrected chi connectivity index (χ3v) is 5.78. The van der Waals surface area contributed by atoms with Gasteiger partial charge < -0.3 is 9.26 Å². The van der Waals surface area contributed by atoms with Gasteiger partial charge in [0.1, 0.15) is 5.75 Å². The van der Waals surface area contributed by atoms with Crippen molar-refractivity contribution in [2.45, 2.75) is 38.3 Å². The fraction of sp³-hybridized carbons (Fsp3) is 0.400. The molecule has 136 valence electrons. The predicted octanol–water partition coefficient (Wildman–Crippen LogP) is 4.92. The van der Waals surface area contributed by atoms with Crippen LogP contribution in [0.15, 0.2) is 46.3 Å². The van der Waals surface area contributed by atoms with Crippen LogP contribution in [0, 0.1) is 0 Å². The molecule has 2 aromatic heterocycles. The Morgan fingerprint density at radius 3 is 2.85 bits per heavy atom. The van der Waals surface area contributed by atoms with Crippen molar-refractivity contribution in [3.05, 3.63) is 53.2 Å². The van der Waals surface area contributed by atoms with E-state index in [2.05, 4.69) is 27.2 Å². The summed E-state index contributed by atoms with van der Waals surface area (Å²) >= 11 is 1.63. The highest BCUT2D eigenvalue weighted by Crippen LogP contribution is 2.32. The largest absolute Gasteiger partial charge is 0.497 e. The smallest absolute Gasteiger partial charge is 0.241 e. The number of methoxy groups -OCH3 is 1. The summed E-state index contributed by atoms with van der Waals surface area (Å²) in [4.78, 5) is 8.12. The summed E-state index contributed by atoms with van der Waals surface area (Å²) in [6.45, 7) is 1.74. The van der Waals surface area contributed by atoms with Gasteiger partial charge in [-0.1, -0.05) is 36.2 Å². The van der Waals surface area contributed by atoms with Crippen molar-refractivity contribution in [1.29, 1.82) is 0 Å². The SMILES string of the molecule is COc1ccc(C2CCCCCN2Cc2nc(-c3cccs3)no2)cc1. The molecule has 1 aliphatic rings. The van der Waals surface area contributed by atoms with E-state index in [0.29, 0.717) is 24.3 Å². The molecule has 4 rings (SSSR count). The molecular formula is C20H23N3O2S. The van der Waals surface area contributed by atoms with Gasteiger partial charge in [-0.25, -0.2) is 0 Å². The minimum Gasteiger partial charge on any atom is -0.497 e. The molecule has 1 aliphatic heterocycles. The van der Waals surface area contributed by atoms with Crippen LogP contribution in [0.2, 0.25) is 0 Å². The third-order valence-electron chi connectivity index (χ3n) is 4.91. The van der Waals surface area contributed by atoms with E-state index in [0.717, 1.165) is 23.6 Å². The molecule has 3 heterocycles. The number of benzene rings is 1. The second-order valence-corrected chi connectivity index (χ2v) is 7.55. The van der Waals surface area contributed by atoms with Gasteiger partial charge in [0, 0.05) is 6.04 Å². The van der Waals surface area contributed by atoms with Gasteiger partial charge in [0.25, 0.3) is 0 Å². The molecule has 0 amide bonds. The lowest BCUT2D eigenvalue weighted by Gasteiger charge is -2.29. The maximum atomic E-state index is 5.54. The lowest BCUT2D eigenvalue weighted by atomic mass is 10.0. The van der Waals surface area contributed by atoms with Crippen molar-refractivity contribution in [3.8, 4) is 16.5 Å². The van der Waals surface area contributed by atoms with Gasteiger partial charge in [0.2, 0.25) is 11.7 Å². The molecule has 0 spiro atoms. The second-order valence-electron chi connectivity index (χ2n) is 6.60. The Labute approximate surface area is 157 Å². The average Bonchev–Trinajstić information content (AvgIpc) is 3.31. The highest BCUT2D eigenvalue weighted by atomic mass is 32.1. The molecule has 0 bridgehead atoms. The molecule has 1 aromatic carbocycles. The quantitative estimate of drug-likeness (QED) is 0.639. The number of ether oxygens (including phenoxy) is 1. The Morgan fingerprint density at radius 1 is 1.19 bits per heavy atom. The fourth-order valence-corrected chi connectivity index (χ4v) is 4.21. The Hall–Kier alpha value is -2.18. The van der Waals surface area contributed by atoms with Crippen LogP contribution in [0.25, 0.3) is 10.7 Å². The maximum Gasteiger partial charge on any atom is 0.241 e. The number of likely N-dealkylation sites (tertiary alicyclic amines) is 1. The summed E-state index contributed by atoms with van der Waals surface area (Å²) in [6, 6.07) is 12.8. The Balaban J connectivity index is 1.53. The van der Waals surface area contributed by atoms with E-state index in [-0.39, 0.29) is 0 Å². The zero-order chi connectivity index (χ0) is 17.8. The van der Waals surface area contributed by atoms with E-state index in [1.54, 1.807) is 18.4 Å². The third kappa shape index (κ3) is 3.81. The van der Waals surface area contributed by atoms with Crippen LogP contribution in [-0.2, 0) is 6.54 Å². The summed E-state index contributed by atoms with van der Waals surface area (Å²) < 4.78 is 10.8. The van der Waals surface area contributed by atoms with Gasteiger partial charge in [-0.2, -0.15) is 4.98 Å². The van der Waals surface area contributed by atoms with Gasteiger partial charge in [0.05, 0.1) is 18.5 Å². The van der Waals surface area contributed by atoms with E-state index in [4.69, 9.17) is 9.26 Å². The standard InChI is InChI=1S/C20H23N3O2S/c1-24-16-10-8-15(9-11-16)17-6-3-2-4-12-23(17)14-19-21-20(22-25-19)18-7-5-13-26-18/h5,7-11,13,17H,2-4,6,12,14H2,1H3. The molecule has 1 saturated heterocycles. The summed E-state index contributed by atoms with van der Waals surface area (Å²) in [7, 11) is 1.70. The van der Waals surface area contributed by atoms with Crippen molar-refractivity contribution in [2.24, 2.45) is 0 Å². The monoisotopic (exact) mass is 369 g/mol. The summed E-state index contributed by atoms with van der Waals surface area (Å²) in [6.07, 6.45) is 4.88. The molecule has 5 nitrogen and oxygen atoms in total. The van der Waals surface area contributed by atoms with Gasteiger partial charge >= 0.3 is 0 Å². The molecule has 0 N–H and O–H groups in total. The Morgan fingerprint density at radius 2 is 2.08 bits per heavy atom. The first-order valence-corrected chi connectivity index (χ1v) is 9.96. The molecule has 1 fully saturated rings. The summed E-state index contributed by atoms with van der Waals surface area (Å²) in [5.74, 6) is 2.27. The van der Waals surface area contributed by atoms with Gasteiger partial charge in [-0.05, 0) is 48.5 Å². The molecule has 0 saturated carbocycles. The van der Waals surface area contributed by atoms with Crippen molar-refractivity contribution >= 4 is 11.3 Å². The van der Waals surface area contributed by atoms with Gasteiger partial charge in [-0.15, -0.1) is 11.3 Å². The maximum absolute atomic E-state index is 5.54. The lowest BCUT2D eigenvalue weighted by Crippen LogP contribution is -2.28. The number of rotatable bonds is 5. The topological polar surface area (TPSA) is 51.4 Å². The summed E-state index contributed by atoms with van der Waals surface area (Å²) in [5.41, 5.74) is 1.32. The molecule has 1 unspecified atom stereocenters. The van der Waals surface area contributed by atoms with Crippen LogP contribution in [0.3, 0.4) is 0 Å². The van der Waals surface area contributed by atoms with Crippen molar-refractivity contribution < 1.29 is 9.26 Å². The molecule has 3 aromatic rings. The first-order chi connectivity index (χ1) is 12.8. The van der Waals surface area contributed by atoms with E-state index in [1.807, 2.05) is 29.6 Å². The van der Waals surface area contributed by atoms with Crippen LogP contribution in [0.5, 0.6) is 5.75 Å². The minimum atomic E-state index is 0.375. The molecule has 1 atom stereocenters. The average molecular weight is 369 g/mol. The normalized spacial score (nSPS) is 18.6. The first-order valence-electron chi connectivity index (χ1n) is 9.08. The van der Waals surface area contributed by atoms with Gasteiger partial charge in [0.15, 0.2) is 0 Å². The zero-order valence-corrected chi connectivity index (χ0v) is 15.7. The van der Waals surface area contributed by atoms with Gasteiger partial charge in [-0.3, -0.25) is 4.90 Å². The van der Waals surface area contributed by atoms with Crippen LogP contribution >= 0.6 is 11.3 Å². The minimum absolute atomic E-state index is 0.375. The molecule has 26 heavy (non-hydrogen) atoms. The number of hydrogen-bond donors (Lipinski definition) is 0. The van der Waals surface area contributed by atoms with E-state index in [1.165, 1.54) is 24.8 Å². The first kappa shape index (κ1) is 17.2. The van der Waals surface area contributed by atoms with E-state index < -0.39 is 0 Å².